The second kappa shape index (κ2) is 8.72. The number of rotatable bonds is 6. The molecule has 7 heteroatoms. The Hall–Kier alpha value is -3.84. The molecule has 0 bridgehead atoms. The second-order valence-electron chi connectivity index (χ2n) is 7.36. The Bertz CT molecular complexity index is 1420. The first-order valence-corrected chi connectivity index (χ1v) is 11.5. The summed E-state index contributed by atoms with van der Waals surface area (Å²) in [5, 5.41) is 9.40. The maximum atomic E-state index is 13.4. The molecule has 0 aliphatic rings. The van der Waals surface area contributed by atoms with Gasteiger partial charge in [-0.25, -0.2) is 9.67 Å². The van der Waals surface area contributed by atoms with Crippen LogP contribution in [0.1, 0.15) is 11.1 Å². The number of aryl methyl sites for hydroxylation is 1. The van der Waals surface area contributed by atoms with Crippen LogP contribution in [-0.4, -0.2) is 34.5 Å². The highest BCUT2D eigenvalue weighted by Crippen LogP contribution is 2.31. The van der Waals surface area contributed by atoms with E-state index in [0.29, 0.717) is 5.16 Å². The van der Waals surface area contributed by atoms with Gasteiger partial charge in [0.15, 0.2) is 5.16 Å². The third-order valence-corrected chi connectivity index (χ3v) is 6.63. The topological polar surface area (TPSA) is 65.6 Å². The number of aromatic nitrogens is 5. The van der Waals surface area contributed by atoms with Gasteiger partial charge in [0.1, 0.15) is 5.52 Å². The Kier molecular flexibility index (Phi) is 5.47. The fraction of sp³-hybridized carbons (Fsp3) is 0.0800. The molecule has 0 spiro atoms. The minimum Gasteiger partial charge on any atom is -0.327 e. The Balaban J connectivity index is 1.79. The molecule has 2 aromatic heterocycles. The molecule has 158 valence electrons. The summed E-state index contributed by atoms with van der Waals surface area (Å²) in [6.45, 7) is 0. The zero-order chi connectivity index (χ0) is 21.9. The zero-order valence-corrected chi connectivity index (χ0v) is 18.3. The van der Waals surface area contributed by atoms with E-state index in [4.69, 9.17) is 0 Å². The highest BCUT2D eigenvalue weighted by molar-refractivity contribution is 7.85. The van der Waals surface area contributed by atoms with E-state index in [1.807, 2.05) is 103 Å². The number of nitrogens with zero attached hydrogens (tertiary/aromatic N) is 5. The molecule has 0 radical (unpaired) electrons. The van der Waals surface area contributed by atoms with Gasteiger partial charge in [0, 0.05) is 25.0 Å². The molecular formula is C25H21N5OS. The highest BCUT2D eigenvalue weighted by atomic mass is 32.2. The summed E-state index contributed by atoms with van der Waals surface area (Å²) in [6.07, 6.45) is 3.48. The van der Waals surface area contributed by atoms with Crippen molar-refractivity contribution < 1.29 is 4.21 Å². The maximum Gasteiger partial charge on any atom is 0.199 e. The first-order valence-electron chi connectivity index (χ1n) is 10.2. The molecule has 0 amide bonds. The van der Waals surface area contributed by atoms with Crippen molar-refractivity contribution >= 4 is 33.1 Å². The predicted octanol–water partition coefficient (Wildman–Crippen LogP) is 4.39. The van der Waals surface area contributed by atoms with Crippen molar-refractivity contribution in [1.82, 2.24) is 24.5 Å². The molecule has 0 aliphatic carbocycles. The van der Waals surface area contributed by atoms with Crippen molar-refractivity contribution in [2.45, 2.75) is 5.16 Å². The van der Waals surface area contributed by atoms with Gasteiger partial charge in [0.05, 0.1) is 27.8 Å². The van der Waals surface area contributed by atoms with Crippen molar-refractivity contribution in [3.63, 3.8) is 0 Å². The Morgan fingerprint density at radius 2 is 1.53 bits per heavy atom. The summed E-state index contributed by atoms with van der Waals surface area (Å²) >= 11 is 0. The van der Waals surface area contributed by atoms with Crippen molar-refractivity contribution in [2.75, 3.05) is 5.75 Å². The molecule has 0 N–H and O–H groups in total. The molecule has 0 fully saturated rings. The largest absolute Gasteiger partial charge is 0.327 e. The van der Waals surface area contributed by atoms with E-state index in [1.54, 1.807) is 10.8 Å². The van der Waals surface area contributed by atoms with Crippen LogP contribution in [0, 0.1) is 0 Å². The van der Waals surface area contributed by atoms with Crippen LogP contribution < -0.4 is 0 Å². The fourth-order valence-electron chi connectivity index (χ4n) is 3.75. The van der Waals surface area contributed by atoms with Crippen molar-refractivity contribution in [3.8, 4) is 0 Å². The predicted molar refractivity (Wildman–Crippen MR) is 127 cm³/mol. The lowest BCUT2D eigenvalue weighted by molar-refractivity contribution is 0.667. The second-order valence-corrected chi connectivity index (χ2v) is 8.70. The van der Waals surface area contributed by atoms with Crippen LogP contribution in [0.2, 0.25) is 0 Å². The summed E-state index contributed by atoms with van der Waals surface area (Å²) < 4.78 is 17.1. The minimum atomic E-state index is -1.35. The van der Waals surface area contributed by atoms with Gasteiger partial charge in [0.25, 0.3) is 0 Å². The summed E-state index contributed by atoms with van der Waals surface area (Å²) in [7, 11) is 0.505. The molecule has 1 atom stereocenters. The summed E-state index contributed by atoms with van der Waals surface area (Å²) in [4.78, 5) is 4.31. The van der Waals surface area contributed by atoms with E-state index >= 15 is 0 Å². The van der Waals surface area contributed by atoms with E-state index in [1.165, 1.54) is 0 Å². The van der Waals surface area contributed by atoms with Gasteiger partial charge in [-0.3, -0.25) is 4.21 Å². The zero-order valence-electron chi connectivity index (χ0n) is 17.5. The van der Waals surface area contributed by atoms with Crippen LogP contribution in [0.25, 0.3) is 22.3 Å². The van der Waals surface area contributed by atoms with Gasteiger partial charge in [-0.15, -0.1) is 5.10 Å². The third kappa shape index (κ3) is 3.78. The van der Waals surface area contributed by atoms with Crippen molar-refractivity contribution in [1.29, 1.82) is 0 Å². The third-order valence-electron chi connectivity index (χ3n) is 5.27. The minimum absolute atomic E-state index is 0.285. The SMILES string of the molecule is Cn1ccnc1S(=O)C/C(=C(\c1ccccc1)n1nnc2ccccc21)c1ccccc1. The maximum absolute atomic E-state index is 13.4. The van der Waals surface area contributed by atoms with Crippen LogP contribution in [0.4, 0.5) is 0 Å². The molecule has 0 saturated heterocycles. The standard InChI is InChI=1S/C25H21N5OS/c1-29-17-16-26-25(29)32(31)18-21(19-10-4-2-5-11-19)24(20-12-6-3-7-13-20)30-23-15-9-8-14-22(23)27-28-30/h2-17H,18H2,1H3/b24-21-. The van der Waals surface area contributed by atoms with Crippen molar-refractivity contribution in [3.05, 3.63) is 108 Å². The van der Waals surface area contributed by atoms with Gasteiger partial charge in [0.2, 0.25) is 0 Å². The lowest BCUT2D eigenvalue weighted by Crippen LogP contribution is -2.12. The van der Waals surface area contributed by atoms with Crippen LogP contribution in [0.15, 0.2) is 102 Å². The van der Waals surface area contributed by atoms with Gasteiger partial charge in [-0.2, -0.15) is 0 Å². The molecule has 5 aromatic rings. The number of fused-ring (bicyclic) bond motifs is 1. The molecule has 0 aliphatic heterocycles. The van der Waals surface area contributed by atoms with Gasteiger partial charge in [-0.1, -0.05) is 78.0 Å². The molecule has 32 heavy (non-hydrogen) atoms. The summed E-state index contributed by atoms with van der Waals surface area (Å²) in [5.41, 5.74) is 5.41. The van der Waals surface area contributed by atoms with E-state index in [-0.39, 0.29) is 5.75 Å². The van der Waals surface area contributed by atoms with E-state index in [2.05, 4.69) is 15.3 Å². The van der Waals surface area contributed by atoms with Gasteiger partial charge in [-0.05, 0) is 23.3 Å². The van der Waals surface area contributed by atoms with Gasteiger partial charge < -0.3 is 4.57 Å². The highest BCUT2D eigenvalue weighted by Gasteiger charge is 2.21. The van der Waals surface area contributed by atoms with E-state index in [0.717, 1.165) is 33.4 Å². The monoisotopic (exact) mass is 439 g/mol. The number of para-hydroxylation sites is 1. The number of hydrogen-bond acceptors (Lipinski definition) is 4. The first kappa shape index (κ1) is 20.1. The molecular weight excluding hydrogens is 418 g/mol. The van der Waals surface area contributed by atoms with Gasteiger partial charge >= 0.3 is 0 Å². The number of imidazole rings is 1. The van der Waals surface area contributed by atoms with Crippen LogP contribution in [-0.2, 0) is 17.8 Å². The smallest absolute Gasteiger partial charge is 0.199 e. The Morgan fingerprint density at radius 1 is 0.875 bits per heavy atom. The lowest BCUT2D eigenvalue weighted by atomic mass is 10.0. The first-order chi connectivity index (χ1) is 15.7. The van der Waals surface area contributed by atoms with E-state index in [9.17, 15) is 4.21 Å². The summed E-state index contributed by atoms with van der Waals surface area (Å²) in [5.74, 6) is 0.285. The van der Waals surface area contributed by atoms with Crippen LogP contribution in [0.3, 0.4) is 0 Å². The molecule has 0 saturated carbocycles. The molecule has 5 rings (SSSR count). The normalized spacial score (nSPS) is 13.2. The van der Waals surface area contributed by atoms with Crippen molar-refractivity contribution in [2.24, 2.45) is 7.05 Å². The Morgan fingerprint density at radius 3 is 2.22 bits per heavy atom. The average molecular weight is 440 g/mol. The number of hydrogen-bond donors (Lipinski definition) is 0. The lowest BCUT2D eigenvalue weighted by Gasteiger charge is -2.17. The van der Waals surface area contributed by atoms with Crippen LogP contribution >= 0.6 is 0 Å². The van der Waals surface area contributed by atoms with E-state index < -0.39 is 10.8 Å². The summed E-state index contributed by atoms with van der Waals surface area (Å²) in [6, 6.07) is 27.9. The average Bonchev–Trinajstić information content (AvgIpc) is 3.46. The molecule has 1 unspecified atom stereocenters. The molecule has 2 heterocycles. The van der Waals surface area contributed by atoms with Crippen LogP contribution in [0.5, 0.6) is 0 Å². The molecule has 6 nitrogen and oxygen atoms in total. The fourth-order valence-corrected chi connectivity index (χ4v) is 5.00. The quantitative estimate of drug-likeness (QED) is 0.368. The Labute approximate surface area is 188 Å². The number of benzene rings is 3. The molecule has 3 aromatic carbocycles.